The summed E-state index contributed by atoms with van der Waals surface area (Å²) in [6.45, 7) is 4.86. The summed E-state index contributed by atoms with van der Waals surface area (Å²) < 4.78 is 0. The molecule has 0 spiro atoms. The number of amides is 3. The number of nitrogens with one attached hydrogen (secondary N) is 1. The number of aliphatic hydroxyl groups is 2. The van der Waals surface area contributed by atoms with Gasteiger partial charge in [-0.3, -0.25) is 19.2 Å². The van der Waals surface area contributed by atoms with Crippen LogP contribution in [0.15, 0.2) is 0 Å². The van der Waals surface area contributed by atoms with E-state index in [1.807, 2.05) is 0 Å². The molecule has 6 unspecified atom stereocenters. The summed E-state index contributed by atoms with van der Waals surface area (Å²) >= 11 is 0. The van der Waals surface area contributed by atoms with Crippen LogP contribution >= 0.6 is 0 Å². The standard InChI is InChI=1S/C19H32N4O6/c1-10(24)15(20)19(29)23-9-5-7-14(23)18(28)22-8-4-6-13(22)17(27)21-16(11(2)25)12(3)26/h10-11,13-16,24-25H,4-9,20H2,1-3H3,(H,21,27). The van der Waals surface area contributed by atoms with E-state index in [0.29, 0.717) is 38.8 Å². The number of carbonyl (C=O) groups is 4. The van der Waals surface area contributed by atoms with Gasteiger partial charge in [-0.15, -0.1) is 0 Å². The fraction of sp³-hybridized carbons (Fsp3) is 0.789. The van der Waals surface area contributed by atoms with E-state index in [2.05, 4.69) is 5.32 Å². The van der Waals surface area contributed by atoms with Gasteiger partial charge >= 0.3 is 0 Å². The number of nitrogens with zero attached hydrogens (tertiary/aromatic N) is 2. The molecule has 10 heteroatoms. The van der Waals surface area contributed by atoms with Crippen molar-refractivity contribution in [1.82, 2.24) is 15.1 Å². The summed E-state index contributed by atoms with van der Waals surface area (Å²) in [7, 11) is 0. The molecular formula is C19H32N4O6. The van der Waals surface area contributed by atoms with E-state index in [1.165, 1.54) is 30.6 Å². The van der Waals surface area contributed by atoms with E-state index in [-0.39, 0.29) is 11.7 Å². The Labute approximate surface area is 170 Å². The Morgan fingerprint density at radius 2 is 1.52 bits per heavy atom. The lowest BCUT2D eigenvalue weighted by Gasteiger charge is -2.33. The van der Waals surface area contributed by atoms with E-state index in [1.54, 1.807) is 0 Å². The molecule has 0 aromatic carbocycles. The third kappa shape index (κ3) is 5.12. The van der Waals surface area contributed by atoms with Gasteiger partial charge in [-0.25, -0.2) is 0 Å². The minimum absolute atomic E-state index is 0.331. The number of ketones is 1. The van der Waals surface area contributed by atoms with Gasteiger partial charge in [-0.05, 0) is 46.5 Å². The first-order chi connectivity index (χ1) is 13.6. The average Bonchev–Trinajstić information content (AvgIpc) is 3.32. The molecule has 164 valence electrons. The van der Waals surface area contributed by atoms with E-state index >= 15 is 0 Å². The fourth-order valence-electron chi connectivity index (χ4n) is 3.99. The maximum Gasteiger partial charge on any atom is 0.246 e. The van der Waals surface area contributed by atoms with Gasteiger partial charge < -0.3 is 31.1 Å². The Morgan fingerprint density at radius 1 is 0.966 bits per heavy atom. The van der Waals surface area contributed by atoms with Crippen molar-refractivity contribution >= 4 is 23.5 Å². The second-order valence-corrected chi connectivity index (χ2v) is 7.98. The minimum Gasteiger partial charge on any atom is -0.391 e. The molecule has 0 aliphatic carbocycles. The molecular weight excluding hydrogens is 380 g/mol. The Hall–Kier alpha value is -2.04. The van der Waals surface area contributed by atoms with Gasteiger partial charge in [0.15, 0.2) is 5.78 Å². The van der Waals surface area contributed by atoms with Gasteiger partial charge in [0, 0.05) is 13.1 Å². The van der Waals surface area contributed by atoms with Crippen LogP contribution in [0.5, 0.6) is 0 Å². The number of aliphatic hydroxyl groups excluding tert-OH is 2. The highest BCUT2D eigenvalue weighted by molar-refractivity contribution is 5.95. The van der Waals surface area contributed by atoms with Gasteiger partial charge in [-0.2, -0.15) is 0 Å². The summed E-state index contributed by atoms with van der Waals surface area (Å²) in [6.07, 6.45) is 0.0759. The second kappa shape index (κ2) is 9.64. The van der Waals surface area contributed by atoms with Crippen LogP contribution in [0.3, 0.4) is 0 Å². The molecule has 0 aromatic rings. The molecule has 0 bridgehead atoms. The second-order valence-electron chi connectivity index (χ2n) is 7.98. The van der Waals surface area contributed by atoms with Gasteiger partial charge in [0.1, 0.15) is 24.2 Å². The van der Waals surface area contributed by atoms with Crippen molar-refractivity contribution in [1.29, 1.82) is 0 Å². The van der Waals surface area contributed by atoms with Crippen LogP contribution in [-0.2, 0) is 19.2 Å². The van der Waals surface area contributed by atoms with Crippen molar-refractivity contribution < 1.29 is 29.4 Å². The molecule has 3 amide bonds. The normalized spacial score (nSPS) is 26.0. The smallest absolute Gasteiger partial charge is 0.246 e. The molecule has 10 nitrogen and oxygen atoms in total. The van der Waals surface area contributed by atoms with Crippen molar-refractivity contribution in [3.63, 3.8) is 0 Å². The molecule has 2 heterocycles. The van der Waals surface area contributed by atoms with Gasteiger partial charge in [0.2, 0.25) is 17.7 Å². The highest BCUT2D eigenvalue weighted by atomic mass is 16.3. The van der Waals surface area contributed by atoms with Crippen molar-refractivity contribution in [2.75, 3.05) is 13.1 Å². The van der Waals surface area contributed by atoms with Gasteiger partial charge in [-0.1, -0.05) is 0 Å². The zero-order valence-corrected chi connectivity index (χ0v) is 17.2. The first-order valence-corrected chi connectivity index (χ1v) is 10.1. The highest BCUT2D eigenvalue weighted by Crippen LogP contribution is 2.25. The summed E-state index contributed by atoms with van der Waals surface area (Å²) in [5.74, 6) is -1.68. The third-order valence-electron chi connectivity index (χ3n) is 5.68. The van der Waals surface area contributed by atoms with E-state index in [0.717, 1.165) is 0 Å². The Balaban J connectivity index is 2.11. The lowest BCUT2D eigenvalue weighted by Crippen LogP contribution is -2.58. The molecule has 0 aromatic heterocycles. The van der Waals surface area contributed by atoms with Crippen molar-refractivity contribution in [3.05, 3.63) is 0 Å². The SMILES string of the molecule is CC(=O)C(NC(=O)C1CCCN1C(=O)C1CCCN1C(=O)C(N)C(C)O)C(C)O. The highest BCUT2D eigenvalue weighted by Gasteiger charge is 2.43. The van der Waals surface area contributed by atoms with Crippen molar-refractivity contribution in [2.45, 2.75) is 82.8 Å². The molecule has 29 heavy (non-hydrogen) atoms. The zero-order chi connectivity index (χ0) is 21.9. The molecule has 2 fully saturated rings. The van der Waals surface area contributed by atoms with E-state index in [9.17, 15) is 29.4 Å². The van der Waals surface area contributed by atoms with Crippen LogP contribution in [0.4, 0.5) is 0 Å². The number of carbonyl (C=O) groups excluding carboxylic acids is 4. The number of hydrogen-bond donors (Lipinski definition) is 4. The summed E-state index contributed by atoms with van der Waals surface area (Å²) in [6, 6.07) is -3.62. The number of Topliss-reactive ketones (excluding diaryl/α,β-unsaturated/α-hetero) is 1. The number of nitrogens with two attached hydrogens (primary N) is 1. The van der Waals surface area contributed by atoms with E-state index in [4.69, 9.17) is 5.73 Å². The molecule has 2 aliphatic rings. The number of hydrogen-bond acceptors (Lipinski definition) is 7. The minimum atomic E-state index is -1.11. The third-order valence-corrected chi connectivity index (χ3v) is 5.68. The zero-order valence-electron chi connectivity index (χ0n) is 17.2. The Morgan fingerprint density at radius 3 is 2.03 bits per heavy atom. The topological polar surface area (TPSA) is 153 Å². The van der Waals surface area contributed by atoms with Crippen molar-refractivity contribution in [3.8, 4) is 0 Å². The lowest BCUT2D eigenvalue weighted by molar-refractivity contribution is -0.148. The lowest BCUT2D eigenvalue weighted by atomic mass is 10.1. The molecule has 0 radical (unpaired) electrons. The van der Waals surface area contributed by atoms with Crippen LogP contribution in [0.25, 0.3) is 0 Å². The van der Waals surface area contributed by atoms with Crippen LogP contribution in [0.2, 0.25) is 0 Å². The van der Waals surface area contributed by atoms with Crippen molar-refractivity contribution in [2.24, 2.45) is 5.73 Å². The molecule has 5 N–H and O–H groups in total. The monoisotopic (exact) mass is 412 g/mol. The van der Waals surface area contributed by atoms with Crippen LogP contribution in [0, 0.1) is 0 Å². The Kier molecular flexibility index (Phi) is 7.73. The quantitative estimate of drug-likeness (QED) is 0.382. The summed E-state index contributed by atoms with van der Waals surface area (Å²) in [4.78, 5) is 52.9. The molecule has 0 saturated carbocycles. The summed E-state index contributed by atoms with van der Waals surface area (Å²) in [5.41, 5.74) is 5.76. The van der Waals surface area contributed by atoms with Crippen LogP contribution < -0.4 is 11.1 Å². The molecule has 2 saturated heterocycles. The maximum atomic E-state index is 13.2. The number of likely N-dealkylation sites (tertiary alicyclic amines) is 2. The largest absolute Gasteiger partial charge is 0.391 e. The Bertz CT molecular complexity index is 653. The predicted molar refractivity (Wildman–Crippen MR) is 103 cm³/mol. The van der Waals surface area contributed by atoms with Gasteiger partial charge in [0.05, 0.1) is 12.2 Å². The maximum absolute atomic E-state index is 13.2. The first kappa shape index (κ1) is 23.2. The number of rotatable bonds is 7. The molecule has 2 rings (SSSR count). The predicted octanol–water partition coefficient (Wildman–Crippen LogP) is -1.87. The van der Waals surface area contributed by atoms with Crippen LogP contribution in [-0.4, -0.2) is 93.0 Å². The first-order valence-electron chi connectivity index (χ1n) is 10.1. The molecule has 2 aliphatic heterocycles. The average molecular weight is 412 g/mol. The summed E-state index contributed by atoms with van der Waals surface area (Å²) in [5, 5.41) is 21.9. The van der Waals surface area contributed by atoms with Crippen LogP contribution in [0.1, 0.15) is 46.5 Å². The van der Waals surface area contributed by atoms with E-state index < -0.39 is 48.2 Å². The fourth-order valence-corrected chi connectivity index (χ4v) is 3.99. The van der Waals surface area contributed by atoms with Gasteiger partial charge in [0.25, 0.3) is 0 Å². The molecule has 6 atom stereocenters.